The third-order valence-corrected chi connectivity index (χ3v) is 2.41. The summed E-state index contributed by atoms with van der Waals surface area (Å²) in [5.74, 6) is -0.661. The van der Waals surface area contributed by atoms with Crippen LogP contribution in [0, 0.1) is 5.82 Å². The Morgan fingerprint density at radius 1 is 1.35 bits per heavy atom. The van der Waals surface area contributed by atoms with Crippen molar-refractivity contribution in [3.8, 4) is 11.5 Å². The van der Waals surface area contributed by atoms with Crippen molar-refractivity contribution < 1.29 is 18.7 Å². The predicted molar refractivity (Wildman–Crippen MR) is 70.3 cm³/mol. The van der Waals surface area contributed by atoms with E-state index in [1.807, 2.05) is 0 Å². The molecule has 0 saturated carbocycles. The van der Waals surface area contributed by atoms with Gasteiger partial charge < -0.3 is 9.47 Å². The second-order valence-electron chi connectivity index (χ2n) is 4.55. The molecule has 2 aromatic rings. The monoisotopic (exact) mass is 278 g/mol. The van der Waals surface area contributed by atoms with Crippen LogP contribution < -0.4 is 9.47 Å². The van der Waals surface area contributed by atoms with Gasteiger partial charge in [-0.05, 0) is 26.0 Å². The van der Waals surface area contributed by atoms with Crippen LogP contribution in [0.3, 0.4) is 0 Å². The van der Waals surface area contributed by atoms with E-state index in [-0.39, 0.29) is 17.6 Å². The number of esters is 1. The van der Waals surface area contributed by atoms with Crippen LogP contribution in [-0.2, 0) is 7.05 Å². The molecule has 0 aliphatic carbocycles. The standard InChI is InChI=1S/C14H15FN2O3/c1-9(2)19-13-6-11(15)4-5-12(13)20-14(18)10-7-16-17(3)8-10/h4-9H,1-3H3. The Morgan fingerprint density at radius 2 is 2.10 bits per heavy atom. The molecule has 6 heteroatoms. The number of aromatic nitrogens is 2. The van der Waals surface area contributed by atoms with Gasteiger partial charge in [0.15, 0.2) is 11.5 Å². The smallest absolute Gasteiger partial charge is 0.346 e. The summed E-state index contributed by atoms with van der Waals surface area (Å²) in [5.41, 5.74) is 0.312. The lowest BCUT2D eigenvalue weighted by atomic mass is 10.3. The second kappa shape index (κ2) is 5.73. The topological polar surface area (TPSA) is 53.4 Å². The molecule has 0 fully saturated rings. The van der Waals surface area contributed by atoms with Gasteiger partial charge in [0.05, 0.1) is 17.9 Å². The molecule has 0 aliphatic heterocycles. The molecule has 106 valence electrons. The number of aryl methyl sites for hydroxylation is 1. The van der Waals surface area contributed by atoms with Crippen molar-refractivity contribution in [3.63, 3.8) is 0 Å². The van der Waals surface area contributed by atoms with Crippen molar-refractivity contribution in [2.45, 2.75) is 20.0 Å². The SMILES string of the molecule is CC(C)Oc1cc(F)ccc1OC(=O)c1cnn(C)c1. The molecule has 0 atom stereocenters. The van der Waals surface area contributed by atoms with Gasteiger partial charge in [-0.3, -0.25) is 4.68 Å². The van der Waals surface area contributed by atoms with E-state index in [2.05, 4.69) is 5.10 Å². The lowest BCUT2D eigenvalue weighted by Gasteiger charge is -2.13. The van der Waals surface area contributed by atoms with Crippen LogP contribution >= 0.6 is 0 Å². The highest BCUT2D eigenvalue weighted by atomic mass is 19.1. The average molecular weight is 278 g/mol. The van der Waals surface area contributed by atoms with Crippen molar-refractivity contribution in [3.05, 3.63) is 42.0 Å². The van der Waals surface area contributed by atoms with Crippen LogP contribution in [0.5, 0.6) is 11.5 Å². The Balaban J connectivity index is 2.22. The van der Waals surface area contributed by atoms with E-state index in [1.54, 1.807) is 20.9 Å². The van der Waals surface area contributed by atoms with E-state index in [1.165, 1.54) is 35.3 Å². The Labute approximate surface area is 115 Å². The zero-order valence-electron chi connectivity index (χ0n) is 11.5. The van der Waals surface area contributed by atoms with Crippen molar-refractivity contribution in [2.24, 2.45) is 7.05 Å². The number of carbonyl (C=O) groups excluding carboxylic acids is 1. The third kappa shape index (κ3) is 3.34. The lowest BCUT2D eigenvalue weighted by molar-refractivity contribution is 0.0724. The summed E-state index contributed by atoms with van der Waals surface area (Å²) in [5, 5.41) is 3.89. The number of carbonyl (C=O) groups is 1. The van der Waals surface area contributed by atoms with E-state index in [0.717, 1.165) is 0 Å². The van der Waals surface area contributed by atoms with Crippen LogP contribution in [0.1, 0.15) is 24.2 Å². The highest BCUT2D eigenvalue weighted by Gasteiger charge is 2.15. The largest absolute Gasteiger partial charge is 0.487 e. The molecule has 0 aliphatic rings. The third-order valence-electron chi connectivity index (χ3n) is 2.41. The van der Waals surface area contributed by atoms with Gasteiger partial charge in [-0.15, -0.1) is 0 Å². The van der Waals surface area contributed by atoms with Crippen LogP contribution in [0.4, 0.5) is 4.39 Å². The quantitative estimate of drug-likeness (QED) is 0.637. The molecule has 0 amide bonds. The van der Waals surface area contributed by atoms with Gasteiger partial charge in [0, 0.05) is 19.3 Å². The van der Waals surface area contributed by atoms with Crippen LogP contribution in [0.15, 0.2) is 30.6 Å². The molecule has 1 aromatic carbocycles. The van der Waals surface area contributed by atoms with Crippen molar-refractivity contribution >= 4 is 5.97 Å². The van der Waals surface area contributed by atoms with Gasteiger partial charge in [0.1, 0.15) is 5.82 Å². The van der Waals surface area contributed by atoms with Gasteiger partial charge in [-0.1, -0.05) is 0 Å². The summed E-state index contributed by atoms with van der Waals surface area (Å²) in [6.45, 7) is 3.61. The van der Waals surface area contributed by atoms with Gasteiger partial charge in [0.2, 0.25) is 0 Å². The van der Waals surface area contributed by atoms with Gasteiger partial charge in [-0.25, -0.2) is 9.18 Å². The number of halogens is 1. The van der Waals surface area contributed by atoms with Gasteiger partial charge in [-0.2, -0.15) is 5.10 Å². The lowest BCUT2D eigenvalue weighted by Crippen LogP contribution is -2.11. The predicted octanol–water partition coefficient (Wildman–Crippen LogP) is 2.57. The van der Waals surface area contributed by atoms with E-state index in [9.17, 15) is 9.18 Å². The summed E-state index contributed by atoms with van der Waals surface area (Å²) in [7, 11) is 1.70. The molecule has 1 heterocycles. The van der Waals surface area contributed by atoms with Crippen LogP contribution in [0.25, 0.3) is 0 Å². The molecule has 2 rings (SSSR count). The molecule has 0 radical (unpaired) electrons. The summed E-state index contributed by atoms with van der Waals surface area (Å²) >= 11 is 0. The molecule has 5 nitrogen and oxygen atoms in total. The fraction of sp³-hybridized carbons (Fsp3) is 0.286. The molecule has 0 unspecified atom stereocenters. The molecule has 0 saturated heterocycles. The normalized spacial score (nSPS) is 10.7. The van der Waals surface area contributed by atoms with Crippen molar-refractivity contribution in [1.29, 1.82) is 0 Å². The first-order valence-electron chi connectivity index (χ1n) is 6.12. The average Bonchev–Trinajstić information content (AvgIpc) is 2.78. The van der Waals surface area contributed by atoms with Crippen molar-refractivity contribution in [1.82, 2.24) is 9.78 Å². The number of hydrogen-bond acceptors (Lipinski definition) is 4. The van der Waals surface area contributed by atoms with E-state index >= 15 is 0 Å². The van der Waals surface area contributed by atoms with Crippen molar-refractivity contribution in [2.75, 3.05) is 0 Å². The number of rotatable bonds is 4. The fourth-order valence-corrected chi connectivity index (χ4v) is 1.60. The Hall–Kier alpha value is -2.37. The fourth-order valence-electron chi connectivity index (χ4n) is 1.60. The van der Waals surface area contributed by atoms with Gasteiger partial charge in [0.25, 0.3) is 0 Å². The number of nitrogens with zero attached hydrogens (tertiary/aromatic N) is 2. The molecule has 0 N–H and O–H groups in total. The zero-order valence-corrected chi connectivity index (χ0v) is 11.5. The Kier molecular flexibility index (Phi) is 4.02. The minimum atomic E-state index is -0.571. The summed E-state index contributed by atoms with van der Waals surface area (Å²) < 4.78 is 25.4. The van der Waals surface area contributed by atoms with Crippen LogP contribution in [-0.4, -0.2) is 21.9 Å². The minimum absolute atomic E-state index is 0.160. The molecule has 0 spiro atoms. The molecule has 1 aromatic heterocycles. The summed E-state index contributed by atoms with van der Waals surface area (Å²) in [6, 6.07) is 3.76. The first kappa shape index (κ1) is 14.0. The van der Waals surface area contributed by atoms with Crippen LogP contribution in [0.2, 0.25) is 0 Å². The highest BCUT2D eigenvalue weighted by Crippen LogP contribution is 2.29. The molecular weight excluding hydrogens is 263 g/mol. The molecule has 0 bridgehead atoms. The van der Waals surface area contributed by atoms with E-state index in [4.69, 9.17) is 9.47 Å². The maximum absolute atomic E-state index is 13.2. The number of benzene rings is 1. The second-order valence-corrected chi connectivity index (χ2v) is 4.55. The van der Waals surface area contributed by atoms with Gasteiger partial charge >= 0.3 is 5.97 Å². The Bertz CT molecular complexity index is 623. The first-order chi connectivity index (χ1) is 9.45. The summed E-state index contributed by atoms with van der Waals surface area (Å²) in [6.07, 6.45) is 2.77. The first-order valence-corrected chi connectivity index (χ1v) is 6.12. The maximum Gasteiger partial charge on any atom is 0.346 e. The maximum atomic E-state index is 13.2. The zero-order chi connectivity index (χ0) is 14.7. The molecule has 20 heavy (non-hydrogen) atoms. The summed E-state index contributed by atoms with van der Waals surface area (Å²) in [4.78, 5) is 11.9. The highest BCUT2D eigenvalue weighted by molar-refractivity contribution is 5.90. The molecular formula is C14H15FN2O3. The number of ether oxygens (including phenoxy) is 2. The number of hydrogen-bond donors (Lipinski definition) is 0. The van der Waals surface area contributed by atoms with E-state index in [0.29, 0.717) is 5.56 Å². The van der Waals surface area contributed by atoms with E-state index < -0.39 is 11.8 Å². The Morgan fingerprint density at radius 3 is 2.70 bits per heavy atom. The minimum Gasteiger partial charge on any atom is -0.487 e.